The summed E-state index contributed by atoms with van der Waals surface area (Å²) in [7, 11) is 0. The molecule has 0 aromatic heterocycles. The van der Waals surface area contributed by atoms with Crippen molar-refractivity contribution in [1.82, 2.24) is 4.90 Å². The van der Waals surface area contributed by atoms with Crippen LogP contribution in [-0.2, 0) is 4.79 Å². The van der Waals surface area contributed by atoms with Gasteiger partial charge in [-0.1, -0.05) is 26.3 Å². The summed E-state index contributed by atoms with van der Waals surface area (Å²) in [5, 5.41) is 9.51. The van der Waals surface area contributed by atoms with Crippen molar-refractivity contribution in [1.29, 1.82) is 0 Å². The van der Waals surface area contributed by atoms with Gasteiger partial charge in [-0.05, 0) is 25.7 Å². The Balaban J connectivity index is 2.62. The highest BCUT2D eigenvalue weighted by Gasteiger charge is 2.28. The molecule has 2 unspecified atom stereocenters. The molecule has 0 saturated carbocycles. The first-order valence-corrected chi connectivity index (χ1v) is 6.37. The van der Waals surface area contributed by atoms with Crippen LogP contribution >= 0.6 is 0 Å². The second-order valence-corrected chi connectivity index (χ2v) is 6.15. The maximum Gasteiger partial charge on any atom is 0.246 e. The van der Waals surface area contributed by atoms with Crippen molar-refractivity contribution in [2.75, 3.05) is 13.1 Å². The van der Waals surface area contributed by atoms with Gasteiger partial charge in [-0.3, -0.25) is 4.79 Å². The molecule has 17 heavy (non-hydrogen) atoms. The van der Waals surface area contributed by atoms with Gasteiger partial charge in [0.05, 0.1) is 6.10 Å². The average molecular weight is 239 g/mol. The van der Waals surface area contributed by atoms with Gasteiger partial charge >= 0.3 is 0 Å². The van der Waals surface area contributed by atoms with Crippen LogP contribution in [0.4, 0.5) is 0 Å². The van der Waals surface area contributed by atoms with E-state index in [1.807, 2.05) is 11.8 Å². The van der Waals surface area contributed by atoms with Gasteiger partial charge in [0.2, 0.25) is 5.91 Å². The lowest BCUT2D eigenvalue weighted by atomic mass is 9.87. The van der Waals surface area contributed by atoms with E-state index in [1.165, 1.54) is 0 Å². The summed E-state index contributed by atoms with van der Waals surface area (Å²) in [6, 6.07) is 0. The van der Waals surface area contributed by atoms with Gasteiger partial charge in [-0.2, -0.15) is 0 Å². The number of aliphatic hydroxyl groups excluding tert-OH is 1. The van der Waals surface area contributed by atoms with E-state index in [0.717, 1.165) is 18.5 Å². The molecule has 2 atom stereocenters. The third-order valence-electron chi connectivity index (χ3n) is 3.74. The molecule has 1 fully saturated rings. The van der Waals surface area contributed by atoms with Gasteiger partial charge < -0.3 is 10.0 Å². The molecule has 0 spiro atoms. The molecule has 3 heteroatoms. The quantitative estimate of drug-likeness (QED) is 0.751. The predicted octanol–water partition coefficient (Wildman–Crippen LogP) is 2.21. The first kappa shape index (κ1) is 14.2. The molecular formula is C14H25NO2. The molecule has 0 aromatic carbocycles. The van der Waals surface area contributed by atoms with Crippen LogP contribution < -0.4 is 0 Å². The summed E-state index contributed by atoms with van der Waals surface area (Å²) < 4.78 is 0. The third-order valence-corrected chi connectivity index (χ3v) is 3.74. The summed E-state index contributed by atoms with van der Waals surface area (Å²) in [4.78, 5) is 13.9. The summed E-state index contributed by atoms with van der Waals surface area (Å²) in [5.41, 5.74) is 1.14. The molecule has 1 rings (SSSR count). The van der Waals surface area contributed by atoms with Crippen molar-refractivity contribution < 1.29 is 9.90 Å². The van der Waals surface area contributed by atoms with Crippen LogP contribution in [0.25, 0.3) is 0 Å². The fourth-order valence-corrected chi connectivity index (χ4v) is 1.87. The van der Waals surface area contributed by atoms with Crippen molar-refractivity contribution in [3.8, 4) is 0 Å². The Labute approximate surface area is 105 Å². The first-order chi connectivity index (χ1) is 7.71. The van der Waals surface area contributed by atoms with Gasteiger partial charge in [-0.15, -0.1) is 0 Å². The van der Waals surface area contributed by atoms with Gasteiger partial charge in [0, 0.05) is 25.1 Å². The van der Waals surface area contributed by atoms with Crippen LogP contribution in [0.3, 0.4) is 0 Å². The maximum atomic E-state index is 12.0. The minimum atomic E-state index is -0.319. The van der Waals surface area contributed by atoms with Gasteiger partial charge in [0.15, 0.2) is 0 Å². The molecule has 0 aromatic rings. The zero-order valence-corrected chi connectivity index (χ0v) is 11.7. The first-order valence-electron chi connectivity index (χ1n) is 6.37. The van der Waals surface area contributed by atoms with Crippen LogP contribution in [0.2, 0.25) is 0 Å². The summed E-state index contributed by atoms with van der Waals surface area (Å²) in [6.45, 7) is 11.6. The molecule has 0 radical (unpaired) electrons. The van der Waals surface area contributed by atoms with Crippen molar-refractivity contribution in [2.24, 2.45) is 11.3 Å². The average Bonchev–Trinajstić information content (AvgIpc) is 2.64. The zero-order chi connectivity index (χ0) is 13.2. The Morgan fingerprint density at radius 2 is 2.06 bits per heavy atom. The van der Waals surface area contributed by atoms with E-state index in [9.17, 15) is 9.90 Å². The fraction of sp³-hybridized carbons (Fsp3) is 0.786. The Hall–Kier alpha value is -0.830. The Bertz CT molecular complexity index is 313. The SMILES string of the molecule is C/C(=C/C(=O)N1CCC(C(C)O)C1)C(C)(C)C. The van der Waals surface area contributed by atoms with Crippen LogP contribution in [0.15, 0.2) is 11.6 Å². The van der Waals surface area contributed by atoms with Crippen molar-refractivity contribution in [3.63, 3.8) is 0 Å². The lowest BCUT2D eigenvalue weighted by molar-refractivity contribution is -0.125. The highest BCUT2D eigenvalue weighted by atomic mass is 16.3. The largest absolute Gasteiger partial charge is 0.393 e. The minimum absolute atomic E-state index is 0.0407. The number of carbonyl (C=O) groups is 1. The molecule has 0 aliphatic carbocycles. The second kappa shape index (κ2) is 5.21. The summed E-state index contributed by atoms with van der Waals surface area (Å²) in [6.07, 6.45) is 2.33. The molecule has 0 bridgehead atoms. The molecule has 1 aliphatic rings. The van der Waals surface area contributed by atoms with Crippen molar-refractivity contribution in [2.45, 2.75) is 47.1 Å². The third kappa shape index (κ3) is 3.84. The topological polar surface area (TPSA) is 40.5 Å². The molecule has 1 saturated heterocycles. The monoisotopic (exact) mass is 239 g/mol. The van der Waals surface area contributed by atoms with Gasteiger partial charge in [0.1, 0.15) is 0 Å². The van der Waals surface area contributed by atoms with Crippen LogP contribution in [0.5, 0.6) is 0 Å². The number of hydrogen-bond donors (Lipinski definition) is 1. The Kier molecular flexibility index (Phi) is 4.36. The number of aliphatic hydroxyl groups is 1. The highest BCUT2D eigenvalue weighted by molar-refractivity contribution is 5.88. The lowest BCUT2D eigenvalue weighted by Gasteiger charge is -2.21. The molecule has 1 amide bonds. The van der Waals surface area contributed by atoms with Crippen molar-refractivity contribution >= 4 is 5.91 Å². The minimum Gasteiger partial charge on any atom is -0.393 e. The number of allylic oxidation sites excluding steroid dienone is 1. The van der Waals surface area contributed by atoms with E-state index in [0.29, 0.717) is 6.54 Å². The fourth-order valence-electron chi connectivity index (χ4n) is 1.87. The molecule has 1 aliphatic heterocycles. The van der Waals surface area contributed by atoms with Crippen molar-refractivity contribution in [3.05, 3.63) is 11.6 Å². The second-order valence-electron chi connectivity index (χ2n) is 6.15. The van der Waals surface area contributed by atoms with E-state index in [2.05, 4.69) is 20.8 Å². The zero-order valence-electron chi connectivity index (χ0n) is 11.7. The number of amides is 1. The maximum absolute atomic E-state index is 12.0. The number of nitrogens with zero attached hydrogens (tertiary/aromatic N) is 1. The molecule has 3 nitrogen and oxygen atoms in total. The molecule has 1 heterocycles. The van der Waals surface area contributed by atoms with Gasteiger partial charge in [0.25, 0.3) is 0 Å². The predicted molar refractivity (Wildman–Crippen MR) is 69.6 cm³/mol. The van der Waals surface area contributed by atoms with E-state index < -0.39 is 0 Å². The van der Waals surface area contributed by atoms with Gasteiger partial charge in [-0.25, -0.2) is 0 Å². The molecule has 1 N–H and O–H groups in total. The van der Waals surface area contributed by atoms with E-state index in [-0.39, 0.29) is 23.3 Å². The number of hydrogen-bond acceptors (Lipinski definition) is 2. The number of carbonyl (C=O) groups excluding carboxylic acids is 1. The van der Waals surface area contributed by atoms with Crippen LogP contribution in [0.1, 0.15) is 41.0 Å². The van der Waals surface area contributed by atoms with E-state index in [1.54, 1.807) is 13.0 Å². The molecular weight excluding hydrogens is 214 g/mol. The number of rotatable bonds is 2. The van der Waals surface area contributed by atoms with Crippen LogP contribution in [0, 0.1) is 11.3 Å². The Morgan fingerprint density at radius 3 is 2.47 bits per heavy atom. The standard InChI is InChI=1S/C14H25NO2/c1-10(14(3,4)5)8-13(17)15-7-6-12(9-15)11(2)16/h8,11-12,16H,6-7,9H2,1-5H3/b10-8-. The smallest absolute Gasteiger partial charge is 0.246 e. The summed E-state index contributed by atoms with van der Waals surface area (Å²) in [5.74, 6) is 0.322. The normalized spacial score (nSPS) is 24.0. The van der Waals surface area contributed by atoms with E-state index in [4.69, 9.17) is 0 Å². The lowest BCUT2D eigenvalue weighted by Crippen LogP contribution is -2.29. The molecule has 98 valence electrons. The Morgan fingerprint density at radius 1 is 1.47 bits per heavy atom. The number of likely N-dealkylation sites (tertiary alicyclic amines) is 1. The van der Waals surface area contributed by atoms with E-state index >= 15 is 0 Å². The van der Waals surface area contributed by atoms with Crippen LogP contribution in [-0.4, -0.2) is 35.1 Å². The summed E-state index contributed by atoms with van der Waals surface area (Å²) >= 11 is 0. The highest BCUT2D eigenvalue weighted by Crippen LogP contribution is 2.25.